The van der Waals surface area contributed by atoms with E-state index in [1.807, 2.05) is 37.3 Å². The van der Waals surface area contributed by atoms with E-state index >= 15 is 0 Å². The quantitative estimate of drug-likeness (QED) is 0.615. The van der Waals surface area contributed by atoms with Crippen LogP contribution in [0.15, 0.2) is 48.5 Å². The molecule has 1 amide bonds. The average Bonchev–Trinajstić information content (AvgIpc) is 2.95. The number of benzene rings is 2. The fourth-order valence-corrected chi connectivity index (χ4v) is 3.27. The average molecular weight is 418 g/mol. The number of nitrogens with one attached hydrogen (secondary N) is 1. The number of nitrogens with zero attached hydrogens (tertiary/aromatic N) is 2. The lowest BCUT2D eigenvalue weighted by Crippen LogP contribution is -2.21. The molecule has 0 radical (unpaired) electrons. The first-order valence-electron chi connectivity index (χ1n) is 8.41. The van der Waals surface area contributed by atoms with Crippen molar-refractivity contribution < 1.29 is 14.3 Å². The Morgan fingerprint density at radius 1 is 1.04 bits per heavy atom. The highest BCUT2D eigenvalue weighted by Gasteiger charge is 2.19. The Balaban J connectivity index is 1.69. The maximum Gasteiger partial charge on any atom is 0.341 e. The van der Waals surface area contributed by atoms with Gasteiger partial charge in [0.1, 0.15) is 0 Å². The number of aryl methyl sites for hydroxylation is 1. The highest BCUT2D eigenvalue weighted by molar-refractivity contribution is 6.39. The van der Waals surface area contributed by atoms with E-state index in [1.165, 1.54) is 12.1 Å². The number of carbonyl (C=O) groups is 2. The Bertz CT molecular complexity index is 1010. The first-order chi connectivity index (χ1) is 13.4. The molecule has 3 rings (SSSR count). The van der Waals surface area contributed by atoms with E-state index in [2.05, 4.69) is 10.4 Å². The molecule has 0 fully saturated rings. The van der Waals surface area contributed by atoms with Gasteiger partial charge in [0.2, 0.25) is 0 Å². The third-order valence-corrected chi connectivity index (χ3v) is 4.69. The Hall–Kier alpha value is -2.83. The van der Waals surface area contributed by atoms with Crippen LogP contribution in [-0.4, -0.2) is 28.3 Å². The summed E-state index contributed by atoms with van der Waals surface area (Å²) in [6.45, 7) is 3.16. The highest BCUT2D eigenvalue weighted by Crippen LogP contribution is 2.25. The lowest BCUT2D eigenvalue weighted by atomic mass is 10.2. The summed E-state index contributed by atoms with van der Waals surface area (Å²) in [7, 11) is 0. The van der Waals surface area contributed by atoms with Crippen LogP contribution in [0.4, 0.5) is 5.69 Å². The molecule has 144 valence electrons. The van der Waals surface area contributed by atoms with Gasteiger partial charge in [0.05, 0.1) is 38.4 Å². The van der Waals surface area contributed by atoms with E-state index in [-0.39, 0.29) is 15.6 Å². The van der Waals surface area contributed by atoms with E-state index in [1.54, 1.807) is 17.7 Å². The molecule has 0 aliphatic carbocycles. The molecule has 0 saturated heterocycles. The molecule has 1 heterocycles. The fourth-order valence-electron chi connectivity index (χ4n) is 2.72. The molecule has 6 nitrogen and oxygen atoms in total. The standard InChI is InChI=1S/C20H17Cl2N3O3/c1-12-19(13(2)25(24-12)14-7-4-3-5-8-14)23-17(26)11-28-20(27)18-15(21)9-6-10-16(18)22/h3-10H,11H2,1-2H3,(H,23,26). The summed E-state index contributed by atoms with van der Waals surface area (Å²) in [6, 6.07) is 14.2. The SMILES string of the molecule is Cc1nn(-c2ccccc2)c(C)c1NC(=O)COC(=O)c1c(Cl)cccc1Cl. The van der Waals surface area contributed by atoms with Crippen molar-refractivity contribution in [1.82, 2.24) is 9.78 Å². The number of amides is 1. The predicted molar refractivity (Wildman–Crippen MR) is 108 cm³/mol. The van der Waals surface area contributed by atoms with Gasteiger partial charge in [0.15, 0.2) is 6.61 Å². The Morgan fingerprint density at radius 2 is 1.68 bits per heavy atom. The zero-order chi connectivity index (χ0) is 20.3. The maximum absolute atomic E-state index is 12.3. The van der Waals surface area contributed by atoms with Crippen LogP contribution in [0.5, 0.6) is 0 Å². The fraction of sp³-hybridized carbons (Fsp3) is 0.150. The van der Waals surface area contributed by atoms with Crippen LogP contribution in [0.1, 0.15) is 21.7 Å². The van der Waals surface area contributed by atoms with Crippen LogP contribution in [0.2, 0.25) is 10.0 Å². The van der Waals surface area contributed by atoms with Gasteiger partial charge in [0, 0.05) is 0 Å². The molecule has 0 aliphatic rings. The summed E-state index contributed by atoms with van der Waals surface area (Å²) in [5, 5.41) is 7.52. The molecule has 0 saturated carbocycles. The third-order valence-electron chi connectivity index (χ3n) is 4.06. The zero-order valence-electron chi connectivity index (χ0n) is 15.2. The number of ether oxygens (including phenoxy) is 1. The molecule has 0 bridgehead atoms. The molecule has 3 aromatic rings. The molecule has 1 aromatic heterocycles. The summed E-state index contributed by atoms with van der Waals surface area (Å²) < 4.78 is 6.78. The van der Waals surface area contributed by atoms with Crippen molar-refractivity contribution >= 4 is 40.8 Å². The Kier molecular flexibility index (Phi) is 6.02. The van der Waals surface area contributed by atoms with Crippen molar-refractivity contribution in [3.8, 4) is 5.69 Å². The number of para-hydroxylation sites is 1. The number of rotatable bonds is 5. The summed E-state index contributed by atoms with van der Waals surface area (Å²) in [5.74, 6) is -1.26. The molecule has 0 atom stereocenters. The molecule has 28 heavy (non-hydrogen) atoms. The van der Waals surface area contributed by atoms with Crippen molar-refractivity contribution in [3.63, 3.8) is 0 Å². The number of aromatic nitrogens is 2. The van der Waals surface area contributed by atoms with Crippen LogP contribution in [-0.2, 0) is 9.53 Å². The van der Waals surface area contributed by atoms with E-state index in [0.717, 1.165) is 11.4 Å². The van der Waals surface area contributed by atoms with Gasteiger partial charge in [0.25, 0.3) is 5.91 Å². The van der Waals surface area contributed by atoms with E-state index < -0.39 is 18.5 Å². The van der Waals surface area contributed by atoms with E-state index in [9.17, 15) is 9.59 Å². The van der Waals surface area contributed by atoms with Gasteiger partial charge >= 0.3 is 5.97 Å². The number of hydrogen-bond acceptors (Lipinski definition) is 4. The lowest BCUT2D eigenvalue weighted by Gasteiger charge is -2.09. The van der Waals surface area contributed by atoms with Crippen LogP contribution < -0.4 is 5.32 Å². The highest BCUT2D eigenvalue weighted by atomic mass is 35.5. The number of halogens is 2. The van der Waals surface area contributed by atoms with Gasteiger partial charge in [-0.15, -0.1) is 0 Å². The molecule has 0 unspecified atom stereocenters. The number of hydrogen-bond donors (Lipinski definition) is 1. The minimum atomic E-state index is -0.765. The summed E-state index contributed by atoms with van der Waals surface area (Å²) in [6.07, 6.45) is 0. The third kappa shape index (κ3) is 4.18. The largest absolute Gasteiger partial charge is 0.452 e. The summed E-state index contributed by atoms with van der Waals surface area (Å²) in [4.78, 5) is 24.5. The van der Waals surface area contributed by atoms with Crippen molar-refractivity contribution in [2.24, 2.45) is 0 Å². The normalized spacial score (nSPS) is 10.6. The monoisotopic (exact) mass is 417 g/mol. The predicted octanol–water partition coefficient (Wildman–Crippen LogP) is 4.59. The topological polar surface area (TPSA) is 73.2 Å². The number of esters is 1. The second-order valence-corrected chi connectivity index (χ2v) is 6.83. The first kappa shape index (κ1) is 19.9. The number of carbonyl (C=O) groups excluding carboxylic acids is 2. The minimum Gasteiger partial charge on any atom is -0.452 e. The summed E-state index contributed by atoms with van der Waals surface area (Å²) >= 11 is 12.0. The van der Waals surface area contributed by atoms with Gasteiger partial charge < -0.3 is 10.1 Å². The van der Waals surface area contributed by atoms with Gasteiger partial charge in [-0.1, -0.05) is 47.5 Å². The number of anilines is 1. The van der Waals surface area contributed by atoms with Gasteiger partial charge in [-0.25, -0.2) is 9.48 Å². The molecule has 1 N–H and O–H groups in total. The van der Waals surface area contributed by atoms with Gasteiger partial charge in [-0.05, 0) is 38.1 Å². The van der Waals surface area contributed by atoms with Crippen LogP contribution in [0, 0.1) is 13.8 Å². The maximum atomic E-state index is 12.3. The molecule has 0 aliphatic heterocycles. The molecular formula is C20H17Cl2N3O3. The second-order valence-electron chi connectivity index (χ2n) is 6.01. The lowest BCUT2D eigenvalue weighted by molar-refractivity contribution is -0.119. The van der Waals surface area contributed by atoms with Crippen molar-refractivity contribution in [2.45, 2.75) is 13.8 Å². The van der Waals surface area contributed by atoms with Crippen LogP contribution in [0.25, 0.3) is 5.69 Å². The van der Waals surface area contributed by atoms with Gasteiger partial charge in [-0.3, -0.25) is 4.79 Å². The second kappa shape index (κ2) is 8.46. The molecule has 8 heteroatoms. The summed E-state index contributed by atoms with van der Waals surface area (Å²) in [5.41, 5.74) is 2.89. The van der Waals surface area contributed by atoms with Crippen molar-refractivity contribution in [1.29, 1.82) is 0 Å². The van der Waals surface area contributed by atoms with E-state index in [0.29, 0.717) is 11.4 Å². The van der Waals surface area contributed by atoms with Gasteiger partial charge in [-0.2, -0.15) is 5.10 Å². The van der Waals surface area contributed by atoms with Crippen LogP contribution in [0.3, 0.4) is 0 Å². The minimum absolute atomic E-state index is 0.0305. The Labute approximate surface area is 172 Å². The first-order valence-corrected chi connectivity index (χ1v) is 9.16. The van der Waals surface area contributed by atoms with Crippen molar-refractivity contribution in [3.05, 3.63) is 75.5 Å². The molecular weight excluding hydrogens is 401 g/mol. The van der Waals surface area contributed by atoms with Crippen LogP contribution >= 0.6 is 23.2 Å². The smallest absolute Gasteiger partial charge is 0.341 e. The van der Waals surface area contributed by atoms with Crippen molar-refractivity contribution in [2.75, 3.05) is 11.9 Å². The zero-order valence-corrected chi connectivity index (χ0v) is 16.7. The van der Waals surface area contributed by atoms with E-state index in [4.69, 9.17) is 27.9 Å². The molecule has 0 spiro atoms. The Morgan fingerprint density at radius 3 is 2.32 bits per heavy atom. The molecule has 2 aromatic carbocycles.